The monoisotopic (exact) mass is 239 g/mol. The van der Waals surface area contributed by atoms with Crippen LogP contribution in [0, 0.1) is 22.7 Å². The van der Waals surface area contributed by atoms with Gasteiger partial charge >= 0.3 is 0 Å². The Bertz CT molecular complexity index is 341. The van der Waals surface area contributed by atoms with Crippen LogP contribution in [-0.4, -0.2) is 17.0 Å². The van der Waals surface area contributed by atoms with Gasteiger partial charge in [-0.1, -0.05) is 32.5 Å². The third-order valence-corrected chi connectivity index (χ3v) is 6.81. The Morgan fingerprint density at radius 2 is 2.12 bits per heavy atom. The summed E-state index contributed by atoms with van der Waals surface area (Å²) >= 11 is 1.47. The van der Waals surface area contributed by atoms with E-state index in [9.17, 15) is 4.79 Å². The van der Waals surface area contributed by atoms with E-state index < -0.39 is 0 Å². The zero-order valence-electron chi connectivity index (χ0n) is 10.4. The van der Waals surface area contributed by atoms with E-state index in [1.807, 2.05) is 0 Å². The summed E-state index contributed by atoms with van der Waals surface area (Å²) in [5, 5.41) is 3.40. The van der Waals surface area contributed by atoms with Crippen LogP contribution in [0.5, 0.6) is 0 Å². The predicted octanol–water partition coefficient (Wildman–Crippen LogP) is 3.27. The molecule has 3 heteroatoms. The largest absolute Gasteiger partial charge is 0.343 e. The Hall–Kier alpha value is -0.180. The highest BCUT2D eigenvalue weighted by atomic mass is 32.2. The minimum absolute atomic E-state index is 0.191. The van der Waals surface area contributed by atoms with E-state index >= 15 is 0 Å². The Morgan fingerprint density at radius 1 is 1.38 bits per heavy atom. The highest BCUT2D eigenvalue weighted by Gasteiger charge is 2.67. The number of nitrogens with one attached hydrogen (secondary N) is 1. The highest BCUT2D eigenvalue weighted by Crippen LogP contribution is 2.71. The maximum atomic E-state index is 11.4. The molecule has 1 N–H and O–H groups in total. The van der Waals surface area contributed by atoms with Crippen molar-refractivity contribution in [2.24, 2.45) is 22.7 Å². The van der Waals surface area contributed by atoms with Crippen molar-refractivity contribution in [3.8, 4) is 0 Å². The zero-order valence-corrected chi connectivity index (χ0v) is 11.2. The molecule has 4 aliphatic rings. The van der Waals surface area contributed by atoms with Crippen molar-refractivity contribution in [2.75, 3.05) is 5.75 Å². The van der Waals surface area contributed by atoms with Gasteiger partial charge in [-0.05, 0) is 41.9 Å². The molecule has 3 aliphatic carbocycles. The Balaban J connectivity index is 1.93. The molecule has 0 aromatic heterocycles. The van der Waals surface area contributed by atoms with Crippen molar-refractivity contribution in [3.05, 3.63) is 0 Å². The summed E-state index contributed by atoms with van der Waals surface area (Å²) in [6.07, 6.45) is 4.08. The molecule has 4 atom stereocenters. The van der Waals surface area contributed by atoms with Gasteiger partial charge in [-0.3, -0.25) is 4.79 Å². The topological polar surface area (TPSA) is 29.1 Å². The number of hydrogen-bond acceptors (Lipinski definition) is 2. The molecule has 16 heavy (non-hydrogen) atoms. The average Bonchev–Trinajstić information content (AvgIpc) is 2.64. The lowest BCUT2D eigenvalue weighted by Crippen LogP contribution is -2.69. The van der Waals surface area contributed by atoms with E-state index in [1.54, 1.807) is 0 Å². The molecule has 0 spiro atoms. The molecule has 0 aromatic rings. The summed E-state index contributed by atoms with van der Waals surface area (Å²) in [5.74, 6) is 2.64. The first-order valence-electron chi connectivity index (χ1n) is 6.42. The molecule has 1 saturated heterocycles. The Labute approximate surface area is 102 Å². The number of carbonyl (C=O) groups is 1. The third-order valence-electron chi connectivity index (χ3n) is 5.93. The van der Waals surface area contributed by atoms with Crippen molar-refractivity contribution >= 4 is 17.0 Å². The minimum Gasteiger partial charge on any atom is -0.343 e. The molecule has 0 aromatic carbocycles. The van der Waals surface area contributed by atoms with Crippen molar-refractivity contribution in [1.82, 2.24) is 5.32 Å². The molecule has 4 rings (SSSR count). The smallest absolute Gasteiger partial charge is 0.279 e. The molecule has 1 aliphatic heterocycles. The molecule has 0 radical (unpaired) electrons. The van der Waals surface area contributed by atoms with Crippen molar-refractivity contribution in [1.29, 1.82) is 0 Å². The molecule has 2 bridgehead atoms. The number of rotatable bonds is 1. The normalized spacial score (nSPS) is 49.7. The van der Waals surface area contributed by atoms with Crippen LogP contribution in [0.3, 0.4) is 0 Å². The number of hydrogen-bond donors (Lipinski definition) is 1. The standard InChI is InChI=1S/C13H21NOS/c1-8-4-5-9-6-13(8,12(9,2)3)10-7-16-11(15)14-10/h8-10H,4-7H2,1-3H3,(H,14,15). The molecule has 2 nitrogen and oxygen atoms in total. The van der Waals surface area contributed by atoms with Gasteiger partial charge in [0.1, 0.15) is 0 Å². The fourth-order valence-corrected chi connectivity index (χ4v) is 5.70. The maximum absolute atomic E-state index is 11.4. The summed E-state index contributed by atoms with van der Waals surface area (Å²) in [5.41, 5.74) is 0.808. The molecule has 90 valence electrons. The second kappa shape index (κ2) is 3.18. The minimum atomic E-state index is 0.191. The fraction of sp³-hybridized carbons (Fsp3) is 0.923. The summed E-state index contributed by atoms with van der Waals surface area (Å²) in [4.78, 5) is 11.4. The van der Waals surface area contributed by atoms with Crippen molar-refractivity contribution in [3.63, 3.8) is 0 Å². The van der Waals surface area contributed by atoms with Crippen LogP contribution in [0.4, 0.5) is 4.79 Å². The molecule has 4 fully saturated rings. The van der Waals surface area contributed by atoms with Crippen molar-refractivity contribution in [2.45, 2.75) is 46.1 Å². The second-order valence-corrected chi connectivity index (χ2v) is 7.43. The van der Waals surface area contributed by atoms with Gasteiger partial charge < -0.3 is 5.32 Å². The van der Waals surface area contributed by atoms with Crippen LogP contribution in [0.1, 0.15) is 40.0 Å². The molecule has 4 unspecified atom stereocenters. The van der Waals surface area contributed by atoms with Gasteiger partial charge in [-0.2, -0.15) is 0 Å². The van der Waals surface area contributed by atoms with Crippen LogP contribution in [0.2, 0.25) is 0 Å². The van der Waals surface area contributed by atoms with Gasteiger partial charge in [0.2, 0.25) is 0 Å². The first-order valence-corrected chi connectivity index (χ1v) is 7.40. The molecular formula is C13H21NOS. The third kappa shape index (κ3) is 1.08. The molecule has 1 heterocycles. The van der Waals surface area contributed by atoms with Crippen LogP contribution >= 0.6 is 11.8 Å². The van der Waals surface area contributed by atoms with Gasteiger partial charge in [-0.25, -0.2) is 0 Å². The van der Waals surface area contributed by atoms with E-state index in [0.717, 1.165) is 17.6 Å². The number of thioether (sulfide) groups is 1. The number of amides is 1. The van der Waals surface area contributed by atoms with Gasteiger partial charge in [0.05, 0.1) is 0 Å². The van der Waals surface area contributed by atoms with Gasteiger partial charge in [0.25, 0.3) is 5.24 Å². The van der Waals surface area contributed by atoms with Crippen LogP contribution in [0.15, 0.2) is 0 Å². The average molecular weight is 239 g/mol. The summed E-state index contributed by atoms with van der Waals surface area (Å²) in [7, 11) is 0. The van der Waals surface area contributed by atoms with E-state index in [2.05, 4.69) is 26.1 Å². The zero-order chi connectivity index (χ0) is 11.6. The van der Waals surface area contributed by atoms with E-state index in [1.165, 1.54) is 31.0 Å². The lowest BCUT2D eigenvalue weighted by Gasteiger charge is -2.70. The number of carbonyl (C=O) groups excluding carboxylic acids is 1. The maximum Gasteiger partial charge on any atom is 0.279 e. The fourth-order valence-electron chi connectivity index (χ4n) is 4.78. The van der Waals surface area contributed by atoms with E-state index in [0.29, 0.717) is 16.9 Å². The summed E-state index contributed by atoms with van der Waals surface area (Å²) < 4.78 is 0. The SMILES string of the molecule is CC1CCC2CC1(C1CSC(=O)N1)C2(C)C. The van der Waals surface area contributed by atoms with Gasteiger partial charge in [0.15, 0.2) is 0 Å². The van der Waals surface area contributed by atoms with Crippen LogP contribution < -0.4 is 5.32 Å². The molecule has 3 saturated carbocycles. The summed E-state index contributed by atoms with van der Waals surface area (Å²) in [6, 6.07) is 0.423. The van der Waals surface area contributed by atoms with Crippen molar-refractivity contribution < 1.29 is 4.79 Å². The Kier molecular flexibility index (Phi) is 2.18. The van der Waals surface area contributed by atoms with Crippen LogP contribution in [0.25, 0.3) is 0 Å². The lowest BCUT2D eigenvalue weighted by atomic mass is 9.35. The van der Waals surface area contributed by atoms with Gasteiger partial charge in [-0.15, -0.1) is 0 Å². The molecule has 1 amide bonds. The van der Waals surface area contributed by atoms with Gasteiger partial charge in [0, 0.05) is 11.8 Å². The van der Waals surface area contributed by atoms with E-state index in [4.69, 9.17) is 0 Å². The highest BCUT2D eigenvalue weighted by molar-refractivity contribution is 8.13. The quantitative estimate of drug-likeness (QED) is 0.761. The summed E-state index contributed by atoms with van der Waals surface area (Å²) in [6.45, 7) is 7.24. The first kappa shape index (κ1) is 10.9. The van der Waals surface area contributed by atoms with Crippen LogP contribution in [-0.2, 0) is 0 Å². The second-order valence-electron chi connectivity index (χ2n) is 6.44. The Morgan fingerprint density at radius 3 is 2.62 bits per heavy atom. The molecular weight excluding hydrogens is 218 g/mol. The predicted molar refractivity (Wildman–Crippen MR) is 67.5 cm³/mol. The lowest BCUT2D eigenvalue weighted by molar-refractivity contribution is -0.206. The first-order chi connectivity index (χ1) is 7.48. The van der Waals surface area contributed by atoms with E-state index in [-0.39, 0.29) is 5.24 Å². The number of fused-ring (bicyclic) bond motifs is 2.